The normalized spacial score (nSPS) is 12.6. The van der Waals surface area contributed by atoms with E-state index in [0.717, 1.165) is 34.1 Å². The molecule has 0 amide bonds. The van der Waals surface area contributed by atoms with Gasteiger partial charge in [0.1, 0.15) is 5.75 Å². The fourth-order valence-corrected chi connectivity index (χ4v) is 3.06. The van der Waals surface area contributed by atoms with E-state index in [0.29, 0.717) is 0 Å². The largest absolute Gasteiger partial charge is 0.497 e. The van der Waals surface area contributed by atoms with Crippen LogP contribution in [0, 0.1) is 0 Å². The summed E-state index contributed by atoms with van der Waals surface area (Å²) in [6.07, 6.45) is 4.33. The lowest BCUT2D eigenvalue weighted by Crippen LogP contribution is -1.94. The quantitative estimate of drug-likeness (QED) is 0.730. The highest BCUT2D eigenvalue weighted by molar-refractivity contribution is 6.30. The highest BCUT2D eigenvalue weighted by Crippen LogP contribution is 2.38. The van der Waals surface area contributed by atoms with Crippen LogP contribution in [-0.2, 0) is 6.54 Å². The summed E-state index contributed by atoms with van der Waals surface area (Å²) < 4.78 is 7.67. The van der Waals surface area contributed by atoms with Gasteiger partial charge in [-0.1, -0.05) is 17.7 Å². The van der Waals surface area contributed by atoms with Gasteiger partial charge in [-0.25, -0.2) is 0 Å². The Morgan fingerprint density at radius 1 is 1.14 bits per heavy atom. The maximum Gasteiger partial charge on any atom is 0.119 e. The first-order valence-corrected chi connectivity index (χ1v) is 7.53. The van der Waals surface area contributed by atoms with Crippen molar-refractivity contribution in [1.82, 2.24) is 4.57 Å². The van der Waals surface area contributed by atoms with Crippen LogP contribution in [-0.4, -0.2) is 11.7 Å². The lowest BCUT2D eigenvalue weighted by atomic mass is 10.2. The highest BCUT2D eigenvalue weighted by atomic mass is 35.5. The summed E-state index contributed by atoms with van der Waals surface area (Å²) in [5.74, 6) is 0.861. The van der Waals surface area contributed by atoms with Gasteiger partial charge in [-0.2, -0.15) is 0 Å². The minimum absolute atomic E-state index is 0.735. The molecule has 110 valence electrons. The van der Waals surface area contributed by atoms with Crippen LogP contribution in [0.2, 0.25) is 5.02 Å². The first kappa shape index (κ1) is 13.3. The second-order valence-corrected chi connectivity index (χ2v) is 5.72. The van der Waals surface area contributed by atoms with Crippen molar-refractivity contribution in [3.63, 3.8) is 0 Å². The summed E-state index contributed by atoms with van der Waals surface area (Å²) in [6.45, 7) is 0.903. The monoisotopic (exact) mass is 310 g/mol. The van der Waals surface area contributed by atoms with Crippen LogP contribution in [0.5, 0.6) is 5.75 Å². The summed E-state index contributed by atoms with van der Waals surface area (Å²) in [4.78, 5) is 0. The van der Waals surface area contributed by atoms with Gasteiger partial charge in [0, 0.05) is 22.6 Å². The Morgan fingerprint density at radius 3 is 2.73 bits per heavy atom. The molecule has 1 aromatic heterocycles. The van der Waals surface area contributed by atoms with Gasteiger partial charge in [0.2, 0.25) is 0 Å². The number of anilines is 2. The molecule has 0 bridgehead atoms. The molecule has 0 radical (unpaired) electrons. The zero-order valence-electron chi connectivity index (χ0n) is 12.1. The van der Waals surface area contributed by atoms with Crippen LogP contribution in [0.1, 0.15) is 5.69 Å². The number of hydrogen-bond acceptors (Lipinski definition) is 2. The predicted molar refractivity (Wildman–Crippen MR) is 92.3 cm³/mol. The van der Waals surface area contributed by atoms with Crippen molar-refractivity contribution < 1.29 is 4.74 Å². The molecule has 2 aromatic carbocycles. The van der Waals surface area contributed by atoms with E-state index in [1.807, 2.05) is 30.3 Å². The Kier molecular flexibility index (Phi) is 3.09. The fraction of sp³-hybridized carbons (Fsp3) is 0.111. The predicted octanol–water partition coefficient (Wildman–Crippen LogP) is 5.07. The number of hydrogen-bond donors (Lipinski definition) is 1. The van der Waals surface area contributed by atoms with Gasteiger partial charge in [-0.15, -0.1) is 0 Å². The molecule has 0 aliphatic carbocycles. The molecule has 1 aliphatic heterocycles. The van der Waals surface area contributed by atoms with Crippen molar-refractivity contribution >= 4 is 40.0 Å². The van der Waals surface area contributed by atoms with Crippen molar-refractivity contribution in [2.24, 2.45) is 0 Å². The molecule has 0 atom stereocenters. The van der Waals surface area contributed by atoms with E-state index in [4.69, 9.17) is 16.3 Å². The molecule has 3 aromatic rings. The summed E-state index contributed by atoms with van der Waals surface area (Å²) in [6, 6.07) is 13.9. The van der Waals surface area contributed by atoms with Crippen LogP contribution < -0.4 is 10.1 Å². The van der Waals surface area contributed by atoms with Gasteiger partial charge in [0.25, 0.3) is 0 Å². The van der Waals surface area contributed by atoms with Gasteiger partial charge in [-0.3, -0.25) is 0 Å². The van der Waals surface area contributed by atoms with Crippen LogP contribution >= 0.6 is 11.6 Å². The molecule has 0 saturated heterocycles. The third-order valence-corrected chi connectivity index (χ3v) is 4.24. The standard InChI is InChI=1S/C18H15ClN2O/c1-22-14-8-9-16-15(11-14)18(17-3-2-10-21(16)17)20-13-6-4-12(19)5-7-13/h2-9,11,20H,10H2,1H3. The molecule has 1 N–H and O–H groups in total. The molecule has 4 rings (SSSR count). The third kappa shape index (κ3) is 2.06. The average molecular weight is 311 g/mol. The number of aromatic nitrogens is 1. The maximum absolute atomic E-state index is 5.96. The van der Waals surface area contributed by atoms with E-state index in [2.05, 4.69) is 34.2 Å². The molecule has 0 unspecified atom stereocenters. The van der Waals surface area contributed by atoms with E-state index in [-0.39, 0.29) is 0 Å². The van der Waals surface area contributed by atoms with Crippen molar-refractivity contribution in [3.8, 4) is 5.75 Å². The summed E-state index contributed by atoms with van der Waals surface area (Å²) >= 11 is 5.96. The maximum atomic E-state index is 5.96. The van der Waals surface area contributed by atoms with Gasteiger partial charge in [-0.05, 0) is 48.5 Å². The van der Waals surface area contributed by atoms with Crippen LogP contribution in [0.4, 0.5) is 11.4 Å². The average Bonchev–Trinajstić information content (AvgIpc) is 3.12. The minimum atomic E-state index is 0.735. The summed E-state index contributed by atoms with van der Waals surface area (Å²) in [5, 5.41) is 5.42. The first-order chi connectivity index (χ1) is 10.8. The Labute approximate surface area is 133 Å². The van der Waals surface area contributed by atoms with Crippen LogP contribution in [0.15, 0.2) is 48.5 Å². The zero-order chi connectivity index (χ0) is 15.1. The second-order valence-electron chi connectivity index (χ2n) is 5.29. The molecule has 0 fully saturated rings. The number of ether oxygens (including phenoxy) is 1. The molecule has 0 spiro atoms. The van der Waals surface area contributed by atoms with Crippen LogP contribution in [0.3, 0.4) is 0 Å². The van der Waals surface area contributed by atoms with Gasteiger partial charge in [0.05, 0.1) is 24.0 Å². The van der Waals surface area contributed by atoms with Crippen molar-refractivity contribution in [2.75, 3.05) is 12.4 Å². The van der Waals surface area contributed by atoms with Gasteiger partial charge >= 0.3 is 0 Å². The number of halogens is 1. The topological polar surface area (TPSA) is 26.2 Å². The zero-order valence-corrected chi connectivity index (χ0v) is 12.9. The molecular weight excluding hydrogens is 296 g/mol. The lowest BCUT2D eigenvalue weighted by Gasteiger charge is -2.07. The van der Waals surface area contributed by atoms with Gasteiger partial charge in [0.15, 0.2) is 0 Å². The molecule has 3 nitrogen and oxygen atoms in total. The number of benzene rings is 2. The van der Waals surface area contributed by atoms with Gasteiger partial charge < -0.3 is 14.6 Å². The molecule has 0 saturated carbocycles. The molecule has 4 heteroatoms. The van der Waals surface area contributed by atoms with E-state index >= 15 is 0 Å². The number of allylic oxidation sites excluding steroid dienone is 1. The number of nitrogens with one attached hydrogen (secondary N) is 1. The highest BCUT2D eigenvalue weighted by Gasteiger charge is 2.18. The number of fused-ring (bicyclic) bond motifs is 3. The van der Waals surface area contributed by atoms with E-state index in [1.165, 1.54) is 11.2 Å². The Hall–Kier alpha value is -2.39. The Balaban J connectivity index is 1.88. The third-order valence-electron chi connectivity index (χ3n) is 3.99. The van der Waals surface area contributed by atoms with E-state index < -0.39 is 0 Å². The number of nitrogens with zero attached hydrogens (tertiary/aromatic N) is 1. The smallest absolute Gasteiger partial charge is 0.119 e. The first-order valence-electron chi connectivity index (χ1n) is 7.15. The van der Waals surface area contributed by atoms with E-state index in [1.54, 1.807) is 7.11 Å². The lowest BCUT2D eigenvalue weighted by molar-refractivity contribution is 0.415. The number of methoxy groups -OCH3 is 1. The van der Waals surface area contributed by atoms with Crippen molar-refractivity contribution in [3.05, 3.63) is 59.3 Å². The van der Waals surface area contributed by atoms with Crippen LogP contribution in [0.25, 0.3) is 17.0 Å². The summed E-state index contributed by atoms with van der Waals surface area (Å²) in [5.41, 5.74) is 4.52. The van der Waals surface area contributed by atoms with E-state index in [9.17, 15) is 0 Å². The van der Waals surface area contributed by atoms with Crippen molar-refractivity contribution in [2.45, 2.75) is 6.54 Å². The Morgan fingerprint density at radius 2 is 1.95 bits per heavy atom. The fourth-order valence-electron chi connectivity index (χ4n) is 2.93. The molecular formula is C18H15ClN2O. The SMILES string of the molecule is COc1ccc2c(c1)c(Nc1ccc(Cl)cc1)c1n2CC=C1. The van der Waals surface area contributed by atoms with Crippen molar-refractivity contribution in [1.29, 1.82) is 0 Å². The molecule has 22 heavy (non-hydrogen) atoms. The molecule has 2 heterocycles. The summed E-state index contributed by atoms with van der Waals surface area (Å²) in [7, 11) is 1.69. The number of rotatable bonds is 3. The molecule has 1 aliphatic rings. The minimum Gasteiger partial charge on any atom is -0.497 e. The Bertz CT molecular complexity index is 878. The second kappa shape index (κ2) is 5.11.